The molecule has 4 nitrogen and oxygen atoms in total. The van der Waals surface area contributed by atoms with E-state index in [2.05, 4.69) is 10.3 Å². The van der Waals surface area contributed by atoms with E-state index in [0.717, 1.165) is 6.42 Å². The Bertz CT molecular complexity index is 972. The zero-order chi connectivity index (χ0) is 20.5. The summed E-state index contributed by atoms with van der Waals surface area (Å²) < 4.78 is 82.4. The Morgan fingerprint density at radius 2 is 1.82 bits per heavy atom. The minimum absolute atomic E-state index is 0.136. The minimum atomic E-state index is -4.50. The second-order valence-corrected chi connectivity index (χ2v) is 7.98. The highest BCUT2D eigenvalue weighted by Crippen LogP contribution is 2.60. The summed E-state index contributed by atoms with van der Waals surface area (Å²) in [4.78, 5) is 16.3. The normalized spacial score (nSPS) is 20.1. The summed E-state index contributed by atoms with van der Waals surface area (Å²) in [5.41, 5.74) is -3.27. The Morgan fingerprint density at radius 1 is 1.18 bits per heavy atom. The standard InChI is InChI=1S/C18H17F6N3O/c1-16(3-2-4-16)27-14-10(7-9(19)12(20)13(14)21)25-15(27)26-11(28)8-17(5-6-17)18(22,23)24/h7H,2-6,8H2,1H3,(H,25,26,28). The number of aromatic nitrogens is 2. The van der Waals surface area contributed by atoms with Crippen LogP contribution in [0.4, 0.5) is 32.3 Å². The number of anilines is 1. The molecule has 152 valence electrons. The maximum atomic E-state index is 14.5. The number of nitrogens with zero attached hydrogens (tertiary/aromatic N) is 2. The minimum Gasteiger partial charge on any atom is -0.301 e. The Morgan fingerprint density at radius 3 is 2.32 bits per heavy atom. The number of nitrogens with one attached hydrogen (secondary N) is 1. The number of alkyl halides is 3. The first-order valence-corrected chi connectivity index (χ1v) is 8.90. The third-order valence-corrected chi connectivity index (χ3v) is 5.95. The van der Waals surface area contributed by atoms with E-state index in [0.29, 0.717) is 18.9 Å². The van der Waals surface area contributed by atoms with Crippen molar-refractivity contribution in [3.8, 4) is 0 Å². The van der Waals surface area contributed by atoms with E-state index in [9.17, 15) is 31.1 Å². The zero-order valence-corrected chi connectivity index (χ0v) is 14.9. The molecule has 0 atom stereocenters. The lowest BCUT2D eigenvalue weighted by molar-refractivity contribution is -0.189. The largest absolute Gasteiger partial charge is 0.395 e. The quantitative estimate of drug-likeness (QED) is 0.573. The van der Waals surface area contributed by atoms with Crippen molar-refractivity contribution in [2.45, 2.75) is 57.2 Å². The van der Waals surface area contributed by atoms with Crippen LogP contribution in [0.3, 0.4) is 0 Å². The van der Waals surface area contributed by atoms with E-state index in [1.165, 1.54) is 4.57 Å². The molecule has 2 aromatic rings. The average Bonchev–Trinajstić information content (AvgIpc) is 3.26. The highest BCUT2D eigenvalue weighted by Gasteiger charge is 2.63. The second kappa shape index (κ2) is 5.87. The molecule has 10 heteroatoms. The average molecular weight is 405 g/mol. The summed E-state index contributed by atoms with van der Waals surface area (Å²) in [5.74, 6) is -5.66. The summed E-state index contributed by atoms with van der Waals surface area (Å²) in [7, 11) is 0. The molecular weight excluding hydrogens is 388 g/mol. The second-order valence-electron chi connectivity index (χ2n) is 7.98. The third kappa shape index (κ3) is 2.76. The van der Waals surface area contributed by atoms with Gasteiger partial charge in [0.05, 0.1) is 10.9 Å². The Kier molecular flexibility index (Phi) is 4.00. The van der Waals surface area contributed by atoms with Gasteiger partial charge in [0.2, 0.25) is 11.9 Å². The molecule has 2 fully saturated rings. The molecule has 1 aromatic carbocycles. The lowest BCUT2D eigenvalue weighted by Gasteiger charge is -2.41. The topological polar surface area (TPSA) is 46.9 Å². The highest BCUT2D eigenvalue weighted by molar-refractivity contribution is 5.92. The molecule has 0 spiro atoms. The molecule has 0 saturated heterocycles. The Hall–Kier alpha value is -2.26. The Labute approximate surface area is 155 Å². The van der Waals surface area contributed by atoms with Gasteiger partial charge in [0.1, 0.15) is 5.52 Å². The van der Waals surface area contributed by atoms with Crippen LogP contribution in [0.2, 0.25) is 0 Å². The molecule has 2 aliphatic carbocycles. The molecule has 0 unspecified atom stereocenters. The fourth-order valence-corrected chi connectivity index (χ4v) is 3.85. The number of amides is 1. The highest BCUT2D eigenvalue weighted by atomic mass is 19.4. The van der Waals surface area contributed by atoms with Gasteiger partial charge in [-0.25, -0.2) is 18.2 Å². The van der Waals surface area contributed by atoms with Gasteiger partial charge >= 0.3 is 6.18 Å². The van der Waals surface area contributed by atoms with Crippen LogP contribution in [0, 0.1) is 22.9 Å². The first-order valence-electron chi connectivity index (χ1n) is 8.90. The van der Waals surface area contributed by atoms with Gasteiger partial charge in [-0.15, -0.1) is 0 Å². The molecule has 0 radical (unpaired) electrons. The number of rotatable bonds is 4. The summed E-state index contributed by atoms with van der Waals surface area (Å²) in [5, 5.41) is 2.31. The summed E-state index contributed by atoms with van der Waals surface area (Å²) in [6.07, 6.45) is -3.60. The van der Waals surface area contributed by atoms with Crippen molar-refractivity contribution in [1.29, 1.82) is 0 Å². The predicted molar refractivity (Wildman–Crippen MR) is 88.1 cm³/mol. The van der Waals surface area contributed by atoms with Gasteiger partial charge in [-0.2, -0.15) is 13.2 Å². The van der Waals surface area contributed by atoms with Gasteiger partial charge < -0.3 is 4.57 Å². The van der Waals surface area contributed by atoms with E-state index in [1.807, 2.05) is 0 Å². The van der Waals surface area contributed by atoms with Gasteiger partial charge in [0, 0.05) is 18.0 Å². The van der Waals surface area contributed by atoms with Gasteiger partial charge in [-0.3, -0.25) is 10.1 Å². The van der Waals surface area contributed by atoms with E-state index in [4.69, 9.17) is 0 Å². The number of fused-ring (bicyclic) bond motifs is 1. The fourth-order valence-electron chi connectivity index (χ4n) is 3.85. The fraction of sp³-hybridized carbons (Fsp3) is 0.556. The van der Waals surface area contributed by atoms with Crippen LogP contribution < -0.4 is 5.32 Å². The van der Waals surface area contributed by atoms with E-state index >= 15 is 0 Å². The van der Waals surface area contributed by atoms with Gasteiger partial charge in [0.25, 0.3) is 0 Å². The summed E-state index contributed by atoms with van der Waals surface area (Å²) in [6.45, 7) is 1.74. The lowest BCUT2D eigenvalue weighted by atomic mass is 9.78. The lowest BCUT2D eigenvalue weighted by Crippen LogP contribution is -2.39. The number of benzene rings is 1. The van der Waals surface area contributed by atoms with E-state index in [-0.39, 0.29) is 29.8 Å². The molecule has 4 rings (SSSR count). The SMILES string of the molecule is CC1(n2c(NC(=O)CC3(C(F)(F)F)CC3)nc3cc(F)c(F)c(F)c32)CCC1. The van der Waals surface area contributed by atoms with Crippen LogP contribution in [0.15, 0.2) is 6.07 Å². The van der Waals surface area contributed by atoms with Crippen LogP contribution in [-0.4, -0.2) is 21.6 Å². The third-order valence-electron chi connectivity index (χ3n) is 5.95. The smallest absolute Gasteiger partial charge is 0.301 e. The van der Waals surface area contributed by atoms with Crippen LogP contribution in [0.1, 0.15) is 45.4 Å². The zero-order valence-electron chi connectivity index (χ0n) is 14.9. The molecule has 2 saturated carbocycles. The molecule has 2 aliphatic rings. The molecular formula is C18H17F6N3O. The summed E-state index contributed by atoms with van der Waals surface area (Å²) >= 11 is 0. The van der Waals surface area contributed by atoms with Crippen molar-refractivity contribution >= 4 is 22.9 Å². The van der Waals surface area contributed by atoms with Crippen LogP contribution in [0.25, 0.3) is 11.0 Å². The van der Waals surface area contributed by atoms with E-state index < -0.39 is 46.9 Å². The number of halogens is 6. The van der Waals surface area contributed by atoms with Crippen molar-refractivity contribution < 1.29 is 31.1 Å². The molecule has 1 heterocycles. The van der Waals surface area contributed by atoms with Crippen molar-refractivity contribution in [2.75, 3.05) is 5.32 Å². The Balaban J connectivity index is 1.74. The van der Waals surface area contributed by atoms with Crippen LogP contribution >= 0.6 is 0 Å². The maximum Gasteiger partial charge on any atom is 0.395 e. The number of carbonyl (C=O) groups is 1. The monoisotopic (exact) mass is 405 g/mol. The van der Waals surface area contributed by atoms with Gasteiger partial charge in [-0.1, -0.05) is 0 Å². The molecule has 0 bridgehead atoms. The van der Waals surface area contributed by atoms with Crippen molar-refractivity contribution in [1.82, 2.24) is 9.55 Å². The maximum absolute atomic E-state index is 14.5. The van der Waals surface area contributed by atoms with Crippen molar-refractivity contribution in [3.63, 3.8) is 0 Å². The first kappa shape index (κ1) is 19.1. The number of carbonyl (C=O) groups excluding carboxylic acids is 1. The molecule has 28 heavy (non-hydrogen) atoms. The van der Waals surface area contributed by atoms with Crippen molar-refractivity contribution in [3.05, 3.63) is 23.5 Å². The molecule has 1 amide bonds. The number of hydrogen-bond donors (Lipinski definition) is 1. The predicted octanol–water partition coefficient (Wildman–Crippen LogP) is 5.02. The molecule has 1 aromatic heterocycles. The van der Waals surface area contributed by atoms with Gasteiger partial charge in [0.15, 0.2) is 17.5 Å². The molecule has 1 N–H and O–H groups in total. The molecule has 0 aliphatic heterocycles. The van der Waals surface area contributed by atoms with Gasteiger partial charge in [-0.05, 0) is 39.0 Å². The van der Waals surface area contributed by atoms with E-state index in [1.54, 1.807) is 6.92 Å². The van der Waals surface area contributed by atoms with Crippen LogP contribution in [0.5, 0.6) is 0 Å². The van der Waals surface area contributed by atoms with Crippen LogP contribution in [-0.2, 0) is 10.3 Å². The summed E-state index contributed by atoms with van der Waals surface area (Å²) in [6, 6.07) is 0.708. The first-order chi connectivity index (χ1) is 13.0. The van der Waals surface area contributed by atoms with Crippen molar-refractivity contribution in [2.24, 2.45) is 5.41 Å². The number of imidazole rings is 1. The number of hydrogen-bond acceptors (Lipinski definition) is 2.